The van der Waals surface area contributed by atoms with Gasteiger partial charge in [0.2, 0.25) is 5.91 Å². The molecule has 19 heavy (non-hydrogen) atoms. The summed E-state index contributed by atoms with van der Waals surface area (Å²) in [7, 11) is 0. The van der Waals surface area contributed by atoms with Crippen LogP contribution in [0.1, 0.15) is 47.0 Å². The number of likely N-dealkylation sites (tertiary alicyclic amines) is 1. The Bertz CT molecular complexity index is 335. The predicted octanol–water partition coefficient (Wildman–Crippen LogP) is 1.34. The number of amides is 1. The molecule has 0 aromatic carbocycles. The van der Waals surface area contributed by atoms with E-state index >= 15 is 0 Å². The number of carbonyl (C=O) groups is 2. The van der Waals surface area contributed by atoms with Gasteiger partial charge < -0.3 is 14.7 Å². The lowest BCUT2D eigenvalue weighted by Gasteiger charge is -2.34. The zero-order valence-corrected chi connectivity index (χ0v) is 12.3. The number of nitrogens with zero attached hydrogens (tertiary/aromatic N) is 1. The molecule has 1 rings (SSSR count). The second kappa shape index (κ2) is 6.37. The number of aliphatic hydroxyl groups is 1. The lowest BCUT2D eigenvalue weighted by Crippen LogP contribution is -2.45. The molecule has 5 nitrogen and oxygen atoms in total. The van der Waals surface area contributed by atoms with E-state index in [9.17, 15) is 14.7 Å². The van der Waals surface area contributed by atoms with Crippen LogP contribution in [0.5, 0.6) is 0 Å². The molecule has 1 heterocycles. The fourth-order valence-corrected chi connectivity index (χ4v) is 2.04. The SMILES string of the molecule is CC1CCN(C(=O)CCC(=O)OC(C)(C)C)CC1O. The van der Waals surface area contributed by atoms with Crippen LogP contribution in [0.3, 0.4) is 0 Å². The number of rotatable bonds is 3. The van der Waals surface area contributed by atoms with E-state index in [1.54, 1.807) is 25.7 Å². The molecule has 2 unspecified atom stereocenters. The molecule has 1 aliphatic rings. The number of ether oxygens (including phenoxy) is 1. The quantitative estimate of drug-likeness (QED) is 0.787. The Morgan fingerprint density at radius 2 is 1.95 bits per heavy atom. The smallest absolute Gasteiger partial charge is 0.306 e. The third kappa shape index (κ3) is 5.59. The molecule has 0 aromatic rings. The van der Waals surface area contributed by atoms with Crippen LogP contribution in [0.4, 0.5) is 0 Å². The lowest BCUT2D eigenvalue weighted by atomic mass is 9.96. The molecule has 1 aliphatic heterocycles. The molecule has 0 bridgehead atoms. The Morgan fingerprint density at radius 3 is 2.47 bits per heavy atom. The number of esters is 1. The zero-order valence-electron chi connectivity index (χ0n) is 12.3. The summed E-state index contributed by atoms with van der Waals surface area (Å²) in [5.74, 6) is -0.210. The maximum atomic E-state index is 11.9. The Hall–Kier alpha value is -1.10. The highest BCUT2D eigenvalue weighted by atomic mass is 16.6. The van der Waals surface area contributed by atoms with Gasteiger partial charge in [-0.1, -0.05) is 6.92 Å². The van der Waals surface area contributed by atoms with E-state index in [0.29, 0.717) is 13.1 Å². The van der Waals surface area contributed by atoms with E-state index in [4.69, 9.17) is 4.74 Å². The number of aliphatic hydroxyl groups excluding tert-OH is 1. The van der Waals surface area contributed by atoms with Crippen molar-refractivity contribution in [3.8, 4) is 0 Å². The molecule has 1 amide bonds. The molecule has 0 radical (unpaired) electrons. The minimum absolute atomic E-state index is 0.0863. The molecule has 0 saturated carbocycles. The van der Waals surface area contributed by atoms with Gasteiger partial charge in [-0.3, -0.25) is 9.59 Å². The van der Waals surface area contributed by atoms with Crippen LogP contribution < -0.4 is 0 Å². The van der Waals surface area contributed by atoms with Gasteiger partial charge in [0.05, 0.1) is 12.5 Å². The molecule has 2 atom stereocenters. The first kappa shape index (κ1) is 16.0. The largest absolute Gasteiger partial charge is 0.460 e. The Kier molecular flexibility index (Phi) is 5.35. The molecule has 0 aromatic heterocycles. The third-order valence-electron chi connectivity index (χ3n) is 3.23. The summed E-state index contributed by atoms with van der Waals surface area (Å²) in [5.41, 5.74) is -0.517. The highest BCUT2D eigenvalue weighted by Gasteiger charge is 2.27. The van der Waals surface area contributed by atoms with Gasteiger partial charge in [0.25, 0.3) is 0 Å². The molecule has 110 valence electrons. The monoisotopic (exact) mass is 271 g/mol. The average Bonchev–Trinajstić information content (AvgIpc) is 2.27. The van der Waals surface area contributed by atoms with E-state index in [-0.39, 0.29) is 30.6 Å². The van der Waals surface area contributed by atoms with Gasteiger partial charge in [-0.15, -0.1) is 0 Å². The Labute approximate surface area is 114 Å². The van der Waals surface area contributed by atoms with Crippen LogP contribution in [0, 0.1) is 5.92 Å². The van der Waals surface area contributed by atoms with Crippen molar-refractivity contribution >= 4 is 11.9 Å². The highest BCUT2D eigenvalue weighted by Crippen LogP contribution is 2.18. The summed E-state index contributed by atoms with van der Waals surface area (Å²) < 4.78 is 5.15. The highest BCUT2D eigenvalue weighted by molar-refractivity contribution is 5.81. The van der Waals surface area contributed by atoms with E-state index in [0.717, 1.165) is 6.42 Å². The topological polar surface area (TPSA) is 66.8 Å². The second-order valence-corrected chi connectivity index (χ2v) is 6.26. The summed E-state index contributed by atoms with van der Waals surface area (Å²) in [5, 5.41) is 9.74. The molecule has 1 N–H and O–H groups in total. The average molecular weight is 271 g/mol. The van der Waals surface area contributed by atoms with Crippen LogP contribution in [0.15, 0.2) is 0 Å². The van der Waals surface area contributed by atoms with Crippen molar-refractivity contribution in [2.75, 3.05) is 13.1 Å². The summed E-state index contributed by atoms with van der Waals surface area (Å²) in [4.78, 5) is 25.1. The maximum absolute atomic E-state index is 11.9. The van der Waals surface area contributed by atoms with E-state index < -0.39 is 11.7 Å². The molecule has 1 saturated heterocycles. The number of piperidine rings is 1. The number of carbonyl (C=O) groups excluding carboxylic acids is 2. The van der Waals surface area contributed by atoms with Crippen molar-refractivity contribution in [3.05, 3.63) is 0 Å². The van der Waals surface area contributed by atoms with Gasteiger partial charge >= 0.3 is 5.97 Å². The van der Waals surface area contributed by atoms with E-state index in [1.807, 2.05) is 6.92 Å². The summed E-state index contributed by atoms with van der Waals surface area (Å²) in [6, 6.07) is 0. The van der Waals surface area contributed by atoms with Crippen molar-refractivity contribution in [2.24, 2.45) is 5.92 Å². The second-order valence-electron chi connectivity index (χ2n) is 6.26. The minimum atomic E-state index is -0.517. The van der Waals surface area contributed by atoms with Gasteiger partial charge in [-0.25, -0.2) is 0 Å². The fourth-order valence-electron chi connectivity index (χ4n) is 2.04. The normalized spacial score (nSPS) is 24.2. The lowest BCUT2D eigenvalue weighted by molar-refractivity contribution is -0.156. The first-order valence-electron chi connectivity index (χ1n) is 6.87. The molecule has 0 aliphatic carbocycles. The third-order valence-corrected chi connectivity index (χ3v) is 3.23. The van der Waals surface area contributed by atoms with Crippen LogP contribution in [-0.2, 0) is 14.3 Å². The first-order chi connectivity index (χ1) is 8.69. The van der Waals surface area contributed by atoms with Crippen LogP contribution >= 0.6 is 0 Å². The van der Waals surface area contributed by atoms with Crippen LogP contribution in [0.2, 0.25) is 0 Å². The van der Waals surface area contributed by atoms with Crippen molar-refractivity contribution in [3.63, 3.8) is 0 Å². The maximum Gasteiger partial charge on any atom is 0.306 e. The van der Waals surface area contributed by atoms with Crippen LogP contribution in [0.25, 0.3) is 0 Å². The molecular formula is C14H25NO4. The molecule has 0 spiro atoms. The van der Waals surface area contributed by atoms with Gasteiger partial charge in [0, 0.05) is 19.5 Å². The summed E-state index contributed by atoms with van der Waals surface area (Å²) in [6.07, 6.45) is 0.590. The van der Waals surface area contributed by atoms with Gasteiger partial charge in [0.15, 0.2) is 0 Å². The van der Waals surface area contributed by atoms with Crippen molar-refractivity contribution < 1.29 is 19.4 Å². The Morgan fingerprint density at radius 1 is 1.32 bits per heavy atom. The van der Waals surface area contributed by atoms with Gasteiger partial charge in [-0.2, -0.15) is 0 Å². The van der Waals surface area contributed by atoms with E-state index in [1.165, 1.54) is 0 Å². The standard InChI is InChI=1S/C14H25NO4/c1-10-7-8-15(9-11(10)16)12(17)5-6-13(18)19-14(2,3)4/h10-11,16H,5-9H2,1-4H3. The predicted molar refractivity (Wildman–Crippen MR) is 71.4 cm³/mol. The minimum Gasteiger partial charge on any atom is -0.460 e. The molecular weight excluding hydrogens is 246 g/mol. The number of hydrogen-bond acceptors (Lipinski definition) is 4. The van der Waals surface area contributed by atoms with Crippen LogP contribution in [-0.4, -0.2) is 46.7 Å². The van der Waals surface area contributed by atoms with Gasteiger partial charge in [-0.05, 0) is 33.1 Å². The number of hydrogen-bond donors (Lipinski definition) is 1. The van der Waals surface area contributed by atoms with Crippen molar-refractivity contribution in [1.82, 2.24) is 4.90 Å². The van der Waals surface area contributed by atoms with Crippen molar-refractivity contribution in [2.45, 2.75) is 58.7 Å². The molecule has 5 heteroatoms. The summed E-state index contributed by atoms with van der Waals surface area (Å²) >= 11 is 0. The van der Waals surface area contributed by atoms with E-state index in [2.05, 4.69) is 0 Å². The fraction of sp³-hybridized carbons (Fsp3) is 0.857. The molecule has 1 fully saturated rings. The number of β-amino-alcohol motifs (C(OH)–C–C–N with tert-alkyl or cyclic N) is 1. The first-order valence-corrected chi connectivity index (χ1v) is 6.87. The van der Waals surface area contributed by atoms with Gasteiger partial charge in [0.1, 0.15) is 5.60 Å². The Balaban J connectivity index is 2.34. The zero-order chi connectivity index (χ0) is 14.6. The summed E-state index contributed by atoms with van der Waals surface area (Å²) in [6.45, 7) is 8.41. The van der Waals surface area contributed by atoms with Crippen molar-refractivity contribution in [1.29, 1.82) is 0 Å².